The van der Waals surface area contributed by atoms with Gasteiger partial charge in [0.1, 0.15) is 0 Å². The molecule has 2 aliphatic heterocycles. The average molecular weight is 410 g/mol. The van der Waals surface area contributed by atoms with Gasteiger partial charge in [-0.15, -0.1) is 0 Å². The Kier molecular flexibility index (Phi) is 4.55. The minimum atomic E-state index is 0.0354. The molecule has 7 nitrogen and oxygen atoms in total. The number of aromatic nitrogens is 2. The predicted molar refractivity (Wildman–Crippen MR) is 111 cm³/mol. The molecule has 160 valence electrons. The molecule has 0 N–H and O–H groups in total. The van der Waals surface area contributed by atoms with E-state index >= 15 is 0 Å². The molecule has 0 aromatic carbocycles. The molecule has 4 saturated carbocycles. The molecule has 7 heteroatoms. The van der Waals surface area contributed by atoms with E-state index in [0.717, 1.165) is 63.3 Å². The highest BCUT2D eigenvalue weighted by Gasteiger charge is 2.68. The van der Waals surface area contributed by atoms with Crippen LogP contribution in [0.2, 0.25) is 0 Å². The van der Waals surface area contributed by atoms with Crippen LogP contribution < -0.4 is 4.90 Å². The maximum absolute atomic E-state index is 13.0. The second-order valence-corrected chi connectivity index (χ2v) is 9.93. The molecule has 2 bridgehead atoms. The van der Waals surface area contributed by atoms with Crippen LogP contribution in [0.15, 0.2) is 18.5 Å². The Morgan fingerprint density at radius 3 is 2.03 bits per heavy atom. The van der Waals surface area contributed by atoms with E-state index in [-0.39, 0.29) is 23.7 Å². The second kappa shape index (κ2) is 7.29. The highest BCUT2D eigenvalue weighted by atomic mass is 16.2. The van der Waals surface area contributed by atoms with Gasteiger partial charge in [-0.05, 0) is 68.4 Å². The highest BCUT2D eigenvalue weighted by molar-refractivity contribution is 6.05. The summed E-state index contributed by atoms with van der Waals surface area (Å²) in [5.41, 5.74) is 0. The van der Waals surface area contributed by atoms with Crippen molar-refractivity contribution in [2.75, 3.05) is 44.2 Å². The van der Waals surface area contributed by atoms with Gasteiger partial charge in [0.2, 0.25) is 17.8 Å². The summed E-state index contributed by atoms with van der Waals surface area (Å²) < 4.78 is 0. The van der Waals surface area contributed by atoms with Crippen LogP contribution in [-0.4, -0.2) is 70.9 Å². The number of piperazine rings is 1. The van der Waals surface area contributed by atoms with E-state index in [2.05, 4.69) is 19.8 Å². The zero-order chi connectivity index (χ0) is 20.2. The van der Waals surface area contributed by atoms with Gasteiger partial charge in [-0.25, -0.2) is 9.97 Å². The summed E-state index contributed by atoms with van der Waals surface area (Å²) in [7, 11) is 0. The number of rotatable bonds is 6. The van der Waals surface area contributed by atoms with Crippen molar-refractivity contribution in [3.05, 3.63) is 18.5 Å². The van der Waals surface area contributed by atoms with Gasteiger partial charge < -0.3 is 4.90 Å². The second-order valence-electron chi connectivity index (χ2n) is 9.93. The molecule has 0 spiro atoms. The fraction of sp³-hybridized carbons (Fsp3) is 0.739. The van der Waals surface area contributed by atoms with Crippen molar-refractivity contribution in [3.63, 3.8) is 0 Å². The van der Waals surface area contributed by atoms with Crippen LogP contribution in [0.4, 0.5) is 5.95 Å². The monoisotopic (exact) mass is 409 g/mol. The van der Waals surface area contributed by atoms with Crippen LogP contribution >= 0.6 is 0 Å². The number of anilines is 1. The molecule has 0 radical (unpaired) electrons. The van der Waals surface area contributed by atoms with Gasteiger partial charge in [-0.3, -0.25) is 19.4 Å². The topological polar surface area (TPSA) is 69.6 Å². The van der Waals surface area contributed by atoms with Crippen LogP contribution in [0.1, 0.15) is 32.1 Å². The normalized spacial score (nSPS) is 37.5. The van der Waals surface area contributed by atoms with Gasteiger partial charge in [-0.2, -0.15) is 0 Å². The molecule has 7 rings (SSSR count). The summed E-state index contributed by atoms with van der Waals surface area (Å²) in [6.07, 6.45) is 9.18. The summed E-state index contributed by atoms with van der Waals surface area (Å²) in [6.45, 7) is 5.56. The Bertz CT molecular complexity index is 790. The molecule has 6 unspecified atom stereocenters. The first kappa shape index (κ1) is 18.7. The Balaban J connectivity index is 0.972. The predicted octanol–water partition coefficient (Wildman–Crippen LogP) is 1.66. The molecule has 6 aliphatic rings. The third-order valence-electron chi connectivity index (χ3n) is 8.55. The molecule has 6 fully saturated rings. The van der Waals surface area contributed by atoms with Crippen molar-refractivity contribution in [1.82, 2.24) is 19.8 Å². The fourth-order valence-corrected chi connectivity index (χ4v) is 7.05. The van der Waals surface area contributed by atoms with Crippen molar-refractivity contribution in [2.24, 2.45) is 35.5 Å². The number of likely N-dealkylation sites (tertiary alicyclic amines) is 1. The molecular weight excluding hydrogens is 378 g/mol. The SMILES string of the molecule is O=C1C2C3CCC(C4CC43)C2C(=O)N1CCCCN1CCN(c2ncccn2)CC1. The zero-order valence-electron chi connectivity index (χ0n) is 17.5. The summed E-state index contributed by atoms with van der Waals surface area (Å²) in [5.74, 6) is 3.77. The van der Waals surface area contributed by atoms with Crippen molar-refractivity contribution >= 4 is 17.8 Å². The summed E-state index contributed by atoms with van der Waals surface area (Å²) in [6, 6.07) is 1.85. The highest BCUT2D eigenvalue weighted by Crippen LogP contribution is 2.67. The largest absolute Gasteiger partial charge is 0.338 e. The van der Waals surface area contributed by atoms with E-state index in [1.54, 1.807) is 17.3 Å². The zero-order valence-corrected chi connectivity index (χ0v) is 17.5. The van der Waals surface area contributed by atoms with Crippen LogP contribution in [0.5, 0.6) is 0 Å². The number of carbonyl (C=O) groups excluding carboxylic acids is 2. The lowest BCUT2D eigenvalue weighted by Crippen LogP contribution is -2.47. The molecule has 2 amide bonds. The molecule has 30 heavy (non-hydrogen) atoms. The van der Waals surface area contributed by atoms with Gasteiger partial charge in [0, 0.05) is 45.1 Å². The van der Waals surface area contributed by atoms with Crippen LogP contribution in [0.3, 0.4) is 0 Å². The number of hydrogen-bond donors (Lipinski definition) is 0. The number of imide groups is 1. The van der Waals surface area contributed by atoms with E-state index in [9.17, 15) is 9.59 Å². The van der Waals surface area contributed by atoms with Crippen molar-refractivity contribution in [3.8, 4) is 0 Å². The number of amides is 2. The van der Waals surface area contributed by atoms with Crippen LogP contribution in [-0.2, 0) is 9.59 Å². The average Bonchev–Trinajstić information content (AvgIpc) is 3.57. The van der Waals surface area contributed by atoms with Gasteiger partial charge in [0.15, 0.2) is 0 Å². The maximum Gasteiger partial charge on any atom is 0.233 e. The Hall–Kier alpha value is -2.02. The maximum atomic E-state index is 13.0. The Labute approximate surface area is 177 Å². The van der Waals surface area contributed by atoms with E-state index in [4.69, 9.17) is 0 Å². The Morgan fingerprint density at radius 2 is 1.40 bits per heavy atom. The number of nitrogens with zero attached hydrogens (tertiary/aromatic N) is 5. The van der Waals surface area contributed by atoms with E-state index in [1.807, 2.05) is 6.07 Å². The van der Waals surface area contributed by atoms with E-state index in [1.165, 1.54) is 19.3 Å². The molecule has 3 heterocycles. The van der Waals surface area contributed by atoms with Gasteiger partial charge >= 0.3 is 0 Å². The lowest BCUT2D eigenvalue weighted by atomic mass is 9.59. The third-order valence-corrected chi connectivity index (χ3v) is 8.55. The molecular formula is C23H31N5O2. The van der Waals surface area contributed by atoms with Crippen molar-refractivity contribution in [2.45, 2.75) is 32.1 Å². The quantitative estimate of drug-likeness (QED) is 0.526. The van der Waals surface area contributed by atoms with Gasteiger partial charge in [0.25, 0.3) is 0 Å². The summed E-state index contributed by atoms with van der Waals surface area (Å²) in [5, 5.41) is 0. The minimum Gasteiger partial charge on any atom is -0.338 e. The molecule has 1 aromatic heterocycles. The minimum absolute atomic E-state index is 0.0354. The van der Waals surface area contributed by atoms with Crippen LogP contribution in [0, 0.1) is 35.5 Å². The smallest absolute Gasteiger partial charge is 0.233 e. The van der Waals surface area contributed by atoms with Gasteiger partial charge in [0.05, 0.1) is 11.8 Å². The first-order valence-electron chi connectivity index (χ1n) is 11.8. The first-order valence-corrected chi connectivity index (χ1v) is 11.8. The molecule has 4 aliphatic carbocycles. The fourth-order valence-electron chi connectivity index (χ4n) is 7.05. The third kappa shape index (κ3) is 2.96. The number of carbonyl (C=O) groups is 2. The van der Waals surface area contributed by atoms with Crippen molar-refractivity contribution < 1.29 is 9.59 Å². The summed E-state index contributed by atoms with van der Waals surface area (Å²) in [4.78, 5) is 41.1. The van der Waals surface area contributed by atoms with E-state index in [0.29, 0.717) is 18.4 Å². The van der Waals surface area contributed by atoms with Crippen molar-refractivity contribution in [1.29, 1.82) is 0 Å². The van der Waals surface area contributed by atoms with Gasteiger partial charge in [-0.1, -0.05) is 0 Å². The van der Waals surface area contributed by atoms with E-state index < -0.39 is 0 Å². The first-order chi connectivity index (χ1) is 14.7. The molecule has 6 atom stereocenters. The number of hydrogen-bond acceptors (Lipinski definition) is 6. The molecule has 2 saturated heterocycles. The van der Waals surface area contributed by atoms with Crippen LogP contribution in [0.25, 0.3) is 0 Å². The number of fused-ring (bicyclic) bond motifs is 1. The Morgan fingerprint density at radius 1 is 0.800 bits per heavy atom. The number of unbranched alkanes of at least 4 members (excludes halogenated alkanes) is 1. The molecule has 1 aromatic rings. The lowest BCUT2D eigenvalue weighted by Gasteiger charge is -2.42. The standard InChI is InChI=1S/C23H31N5O2/c29-21-19-15-4-5-16(18-14-17(15)18)20(19)22(30)28(21)9-2-1-8-26-10-12-27(13-11-26)23-24-6-3-7-25-23/h3,6-7,15-20H,1-2,4-5,8-14H2. The lowest BCUT2D eigenvalue weighted by molar-refractivity contribution is -0.140. The summed E-state index contributed by atoms with van der Waals surface area (Å²) >= 11 is 0.